The Labute approximate surface area is 79.8 Å². The van der Waals surface area contributed by atoms with Crippen LogP contribution in [0.1, 0.15) is 6.92 Å². The Morgan fingerprint density at radius 1 is 1.23 bits per heavy atom. The maximum atomic E-state index is 5.42. The molecule has 2 rings (SSSR count). The summed E-state index contributed by atoms with van der Waals surface area (Å²) in [5.74, 6) is 0. The van der Waals surface area contributed by atoms with Crippen LogP contribution in [0.2, 0.25) is 0 Å². The fraction of sp³-hybridized carbons (Fsp3) is 1.00. The lowest BCUT2D eigenvalue weighted by Gasteiger charge is -2.43. The second-order valence-corrected chi connectivity index (χ2v) is 3.79. The normalized spacial score (nSPS) is 33.5. The van der Waals surface area contributed by atoms with Crippen LogP contribution in [0, 0.1) is 0 Å². The van der Waals surface area contributed by atoms with Gasteiger partial charge in [-0.25, -0.2) is 10.0 Å². The van der Waals surface area contributed by atoms with Gasteiger partial charge in [0.15, 0.2) is 0 Å². The van der Waals surface area contributed by atoms with E-state index in [1.807, 2.05) is 0 Å². The third-order valence-electron chi connectivity index (χ3n) is 2.79. The molecule has 0 spiro atoms. The standard InChI is InChI=1S/C9H19N3O/c1-9-8-13-7-6-12(9)11-4-2-10-3-5-11/h9-10H,2-8H2,1H3. The first-order valence-corrected chi connectivity index (χ1v) is 5.18. The monoisotopic (exact) mass is 185 g/mol. The van der Waals surface area contributed by atoms with Gasteiger partial charge >= 0.3 is 0 Å². The van der Waals surface area contributed by atoms with Gasteiger partial charge in [0, 0.05) is 38.8 Å². The van der Waals surface area contributed by atoms with Crippen molar-refractivity contribution in [3.63, 3.8) is 0 Å². The highest BCUT2D eigenvalue weighted by molar-refractivity contribution is 4.73. The number of nitrogens with zero attached hydrogens (tertiary/aromatic N) is 2. The SMILES string of the molecule is CC1COCCN1N1CCNCC1. The van der Waals surface area contributed by atoms with E-state index in [9.17, 15) is 0 Å². The van der Waals surface area contributed by atoms with Crippen LogP contribution in [-0.2, 0) is 4.74 Å². The second-order valence-electron chi connectivity index (χ2n) is 3.79. The molecular formula is C9H19N3O. The largest absolute Gasteiger partial charge is 0.378 e. The molecule has 0 bridgehead atoms. The predicted molar refractivity (Wildman–Crippen MR) is 51.4 cm³/mol. The molecule has 0 aliphatic carbocycles. The number of nitrogens with one attached hydrogen (secondary N) is 1. The average molecular weight is 185 g/mol. The van der Waals surface area contributed by atoms with E-state index in [4.69, 9.17) is 4.74 Å². The van der Waals surface area contributed by atoms with Crippen molar-refractivity contribution >= 4 is 0 Å². The minimum absolute atomic E-state index is 0.548. The van der Waals surface area contributed by atoms with Crippen LogP contribution in [0.15, 0.2) is 0 Å². The molecule has 0 aromatic heterocycles. The first-order chi connectivity index (χ1) is 6.38. The fourth-order valence-electron chi connectivity index (χ4n) is 2.05. The van der Waals surface area contributed by atoms with Crippen LogP contribution in [-0.4, -0.2) is 62.0 Å². The molecular weight excluding hydrogens is 166 g/mol. The summed E-state index contributed by atoms with van der Waals surface area (Å²) < 4.78 is 5.42. The molecule has 2 fully saturated rings. The summed E-state index contributed by atoms with van der Waals surface area (Å²) in [4.78, 5) is 0. The van der Waals surface area contributed by atoms with Crippen LogP contribution in [0.5, 0.6) is 0 Å². The van der Waals surface area contributed by atoms with Gasteiger partial charge in [-0.3, -0.25) is 0 Å². The molecule has 2 heterocycles. The van der Waals surface area contributed by atoms with Gasteiger partial charge in [0.25, 0.3) is 0 Å². The molecule has 4 nitrogen and oxygen atoms in total. The summed E-state index contributed by atoms with van der Waals surface area (Å²) in [6, 6.07) is 0.548. The number of piperazine rings is 1. The fourth-order valence-corrected chi connectivity index (χ4v) is 2.05. The van der Waals surface area contributed by atoms with Crippen LogP contribution < -0.4 is 5.32 Å². The van der Waals surface area contributed by atoms with Crippen molar-refractivity contribution in [2.45, 2.75) is 13.0 Å². The number of morpholine rings is 1. The molecule has 13 heavy (non-hydrogen) atoms. The Morgan fingerprint density at radius 2 is 2.00 bits per heavy atom. The molecule has 2 aliphatic rings. The van der Waals surface area contributed by atoms with Gasteiger partial charge in [-0.2, -0.15) is 0 Å². The summed E-state index contributed by atoms with van der Waals surface area (Å²) in [5, 5.41) is 8.29. The minimum atomic E-state index is 0.548. The molecule has 0 radical (unpaired) electrons. The molecule has 0 aromatic carbocycles. The molecule has 2 saturated heterocycles. The molecule has 0 aromatic rings. The smallest absolute Gasteiger partial charge is 0.0633 e. The van der Waals surface area contributed by atoms with Crippen molar-refractivity contribution in [3.8, 4) is 0 Å². The van der Waals surface area contributed by atoms with E-state index >= 15 is 0 Å². The van der Waals surface area contributed by atoms with Gasteiger partial charge in [-0.15, -0.1) is 0 Å². The summed E-state index contributed by atoms with van der Waals surface area (Å²) >= 11 is 0. The number of ether oxygens (including phenoxy) is 1. The van der Waals surface area contributed by atoms with Crippen molar-refractivity contribution < 1.29 is 4.74 Å². The molecule has 0 amide bonds. The first kappa shape index (κ1) is 9.40. The van der Waals surface area contributed by atoms with Crippen LogP contribution in [0.25, 0.3) is 0 Å². The maximum Gasteiger partial charge on any atom is 0.0633 e. The Balaban J connectivity index is 1.88. The van der Waals surface area contributed by atoms with Crippen LogP contribution in [0.4, 0.5) is 0 Å². The number of hydrazine groups is 1. The molecule has 1 unspecified atom stereocenters. The van der Waals surface area contributed by atoms with E-state index in [-0.39, 0.29) is 0 Å². The molecule has 0 saturated carbocycles. The van der Waals surface area contributed by atoms with Crippen molar-refractivity contribution in [2.24, 2.45) is 0 Å². The molecule has 4 heteroatoms. The van der Waals surface area contributed by atoms with E-state index in [0.717, 1.165) is 45.9 Å². The summed E-state index contributed by atoms with van der Waals surface area (Å²) in [6.45, 7) is 9.57. The third-order valence-corrected chi connectivity index (χ3v) is 2.79. The quantitative estimate of drug-likeness (QED) is 0.597. The number of rotatable bonds is 1. The molecule has 1 atom stereocenters. The van der Waals surface area contributed by atoms with Gasteiger partial charge in [0.05, 0.1) is 13.2 Å². The Bertz CT molecular complexity index is 159. The van der Waals surface area contributed by atoms with E-state index in [1.54, 1.807) is 0 Å². The topological polar surface area (TPSA) is 27.7 Å². The first-order valence-electron chi connectivity index (χ1n) is 5.18. The average Bonchev–Trinajstić information content (AvgIpc) is 2.20. The molecule has 2 aliphatic heterocycles. The summed E-state index contributed by atoms with van der Waals surface area (Å²) in [6.07, 6.45) is 0. The highest BCUT2D eigenvalue weighted by atomic mass is 16.5. The molecule has 76 valence electrons. The van der Waals surface area contributed by atoms with Crippen molar-refractivity contribution in [2.75, 3.05) is 45.9 Å². The lowest BCUT2D eigenvalue weighted by Crippen LogP contribution is -2.58. The zero-order chi connectivity index (χ0) is 9.10. The van der Waals surface area contributed by atoms with Gasteiger partial charge in [0.1, 0.15) is 0 Å². The Morgan fingerprint density at radius 3 is 2.69 bits per heavy atom. The van der Waals surface area contributed by atoms with E-state index in [0.29, 0.717) is 6.04 Å². The second kappa shape index (κ2) is 4.37. The van der Waals surface area contributed by atoms with Gasteiger partial charge in [-0.05, 0) is 6.92 Å². The van der Waals surface area contributed by atoms with Crippen LogP contribution in [0.3, 0.4) is 0 Å². The van der Waals surface area contributed by atoms with Crippen LogP contribution >= 0.6 is 0 Å². The Hall–Kier alpha value is -0.160. The van der Waals surface area contributed by atoms with E-state index in [2.05, 4.69) is 22.3 Å². The number of hydrogen-bond donors (Lipinski definition) is 1. The lowest BCUT2D eigenvalue weighted by atomic mass is 10.3. The van der Waals surface area contributed by atoms with Crippen molar-refractivity contribution in [1.82, 2.24) is 15.3 Å². The number of hydrogen-bond acceptors (Lipinski definition) is 4. The maximum absolute atomic E-state index is 5.42. The summed E-state index contributed by atoms with van der Waals surface area (Å²) in [5.41, 5.74) is 0. The molecule has 1 N–H and O–H groups in total. The zero-order valence-electron chi connectivity index (χ0n) is 8.33. The highest BCUT2D eigenvalue weighted by Gasteiger charge is 2.25. The van der Waals surface area contributed by atoms with E-state index in [1.165, 1.54) is 0 Å². The highest BCUT2D eigenvalue weighted by Crippen LogP contribution is 2.10. The minimum Gasteiger partial charge on any atom is -0.378 e. The lowest BCUT2D eigenvalue weighted by molar-refractivity contribution is -0.127. The zero-order valence-corrected chi connectivity index (χ0v) is 8.33. The van der Waals surface area contributed by atoms with Gasteiger partial charge in [0.2, 0.25) is 0 Å². The van der Waals surface area contributed by atoms with Crippen molar-refractivity contribution in [1.29, 1.82) is 0 Å². The van der Waals surface area contributed by atoms with Crippen molar-refractivity contribution in [3.05, 3.63) is 0 Å². The third kappa shape index (κ3) is 2.20. The predicted octanol–water partition coefficient (Wildman–Crippen LogP) is -0.473. The van der Waals surface area contributed by atoms with Gasteiger partial charge in [-0.1, -0.05) is 0 Å². The van der Waals surface area contributed by atoms with Gasteiger partial charge < -0.3 is 10.1 Å². The Kier molecular flexibility index (Phi) is 3.16. The summed E-state index contributed by atoms with van der Waals surface area (Å²) in [7, 11) is 0. The van der Waals surface area contributed by atoms with E-state index < -0.39 is 0 Å².